The van der Waals surface area contributed by atoms with Crippen molar-refractivity contribution in [3.05, 3.63) is 34.3 Å². The first-order chi connectivity index (χ1) is 5.24. The first-order valence-corrected chi connectivity index (χ1v) is 4.78. The number of hydrogen-bond donors (Lipinski definition) is 0. The maximum atomic E-state index is 3.46. The third-order valence-electron chi connectivity index (χ3n) is 2.03. The highest BCUT2D eigenvalue weighted by molar-refractivity contribution is 9.10. The van der Waals surface area contributed by atoms with Crippen LogP contribution in [0, 0.1) is 0 Å². The van der Waals surface area contributed by atoms with E-state index in [1.807, 2.05) is 0 Å². The Hall–Kier alpha value is -0.300. The van der Waals surface area contributed by atoms with E-state index in [-0.39, 0.29) is 0 Å². The molecule has 0 aliphatic heterocycles. The Balaban J connectivity index is 2.86. The van der Waals surface area contributed by atoms with Crippen LogP contribution in [0.25, 0.3) is 0 Å². The minimum atomic E-state index is 0.674. The number of benzene rings is 1. The first kappa shape index (κ1) is 8.79. The molecule has 0 heterocycles. The molecule has 11 heavy (non-hydrogen) atoms. The standard InChI is InChI=1S/C10H13Br/c1-3-8(2)9-5-4-6-10(11)7-9/h4-8H,3H2,1-2H3/t8-/m1/s1. The zero-order valence-corrected chi connectivity index (χ0v) is 8.56. The summed E-state index contributed by atoms with van der Waals surface area (Å²) < 4.78 is 1.18. The van der Waals surface area contributed by atoms with Crippen LogP contribution in [0.4, 0.5) is 0 Å². The van der Waals surface area contributed by atoms with Crippen molar-refractivity contribution in [3.63, 3.8) is 0 Å². The molecular formula is C10H13Br. The van der Waals surface area contributed by atoms with Crippen molar-refractivity contribution in [1.82, 2.24) is 0 Å². The van der Waals surface area contributed by atoms with Gasteiger partial charge in [0.05, 0.1) is 0 Å². The Kier molecular flexibility index (Phi) is 3.13. The second-order valence-corrected chi connectivity index (χ2v) is 3.78. The molecular weight excluding hydrogens is 200 g/mol. The average Bonchev–Trinajstić information content (AvgIpc) is 2.03. The van der Waals surface area contributed by atoms with Crippen LogP contribution in [0.15, 0.2) is 28.7 Å². The average molecular weight is 213 g/mol. The molecule has 0 aliphatic carbocycles. The molecule has 0 saturated carbocycles. The molecule has 1 aromatic carbocycles. The van der Waals surface area contributed by atoms with Crippen molar-refractivity contribution in [2.24, 2.45) is 0 Å². The fourth-order valence-corrected chi connectivity index (χ4v) is 1.47. The predicted octanol–water partition coefficient (Wildman–Crippen LogP) is 3.96. The second-order valence-electron chi connectivity index (χ2n) is 2.86. The van der Waals surface area contributed by atoms with Crippen LogP contribution in [-0.2, 0) is 0 Å². The maximum absolute atomic E-state index is 3.46. The van der Waals surface area contributed by atoms with Gasteiger partial charge in [-0.25, -0.2) is 0 Å². The summed E-state index contributed by atoms with van der Waals surface area (Å²) in [6.07, 6.45) is 1.20. The maximum Gasteiger partial charge on any atom is 0.0178 e. The van der Waals surface area contributed by atoms with E-state index in [1.165, 1.54) is 16.5 Å². The zero-order valence-electron chi connectivity index (χ0n) is 6.97. The normalized spacial score (nSPS) is 13.0. The summed E-state index contributed by atoms with van der Waals surface area (Å²) in [5.74, 6) is 0.674. The smallest absolute Gasteiger partial charge is 0.0178 e. The summed E-state index contributed by atoms with van der Waals surface area (Å²) in [4.78, 5) is 0. The highest BCUT2D eigenvalue weighted by Gasteiger charge is 2.01. The van der Waals surface area contributed by atoms with Gasteiger partial charge in [0.2, 0.25) is 0 Å². The Bertz CT molecular complexity index is 230. The molecule has 0 nitrogen and oxygen atoms in total. The second kappa shape index (κ2) is 3.91. The van der Waals surface area contributed by atoms with E-state index < -0.39 is 0 Å². The Morgan fingerprint density at radius 1 is 1.45 bits per heavy atom. The van der Waals surface area contributed by atoms with Gasteiger partial charge in [-0.15, -0.1) is 0 Å². The monoisotopic (exact) mass is 212 g/mol. The van der Waals surface area contributed by atoms with E-state index in [0.29, 0.717) is 5.92 Å². The quantitative estimate of drug-likeness (QED) is 0.697. The van der Waals surface area contributed by atoms with E-state index >= 15 is 0 Å². The fourth-order valence-electron chi connectivity index (χ4n) is 1.05. The highest BCUT2D eigenvalue weighted by Crippen LogP contribution is 2.21. The van der Waals surface area contributed by atoms with Crippen molar-refractivity contribution in [3.8, 4) is 0 Å². The van der Waals surface area contributed by atoms with Crippen molar-refractivity contribution in [1.29, 1.82) is 0 Å². The number of halogens is 1. The minimum absolute atomic E-state index is 0.674. The van der Waals surface area contributed by atoms with E-state index in [2.05, 4.69) is 54.0 Å². The molecule has 0 unspecified atom stereocenters. The van der Waals surface area contributed by atoms with Gasteiger partial charge in [-0.3, -0.25) is 0 Å². The van der Waals surface area contributed by atoms with E-state index in [1.54, 1.807) is 0 Å². The largest absolute Gasteiger partial charge is 0.0648 e. The topological polar surface area (TPSA) is 0 Å². The van der Waals surface area contributed by atoms with Crippen molar-refractivity contribution in [2.45, 2.75) is 26.2 Å². The molecule has 1 atom stereocenters. The van der Waals surface area contributed by atoms with E-state index in [4.69, 9.17) is 0 Å². The van der Waals surface area contributed by atoms with Gasteiger partial charge in [0.25, 0.3) is 0 Å². The van der Waals surface area contributed by atoms with Gasteiger partial charge in [0, 0.05) is 4.47 Å². The van der Waals surface area contributed by atoms with Gasteiger partial charge in [-0.05, 0) is 30.0 Å². The summed E-state index contributed by atoms with van der Waals surface area (Å²) in [5, 5.41) is 0. The molecule has 60 valence electrons. The third-order valence-corrected chi connectivity index (χ3v) is 2.52. The zero-order chi connectivity index (χ0) is 8.27. The summed E-state index contributed by atoms with van der Waals surface area (Å²) >= 11 is 3.46. The van der Waals surface area contributed by atoms with Gasteiger partial charge < -0.3 is 0 Å². The fraction of sp³-hybridized carbons (Fsp3) is 0.400. The van der Waals surface area contributed by atoms with Gasteiger partial charge in [-0.2, -0.15) is 0 Å². The molecule has 0 N–H and O–H groups in total. The number of hydrogen-bond acceptors (Lipinski definition) is 0. The van der Waals surface area contributed by atoms with Crippen LogP contribution in [0.5, 0.6) is 0 Å². The summed E-state index contributed by atoms with van der Waals surface area (Å²) in [6, 6.07) is 8.52. The Morgan fingerprint density at radius 3 is 2.73 bits per heavy atom. The molecule has 1 aromatic rings. The van der Waals surface area contributed by atoms with E-state index in [9.17, 15) is 0 Å². The Labute approximate surface area is 76.8 Å². The van der Waals surface area contributed by atoms with E-state index in [0.717, 1.165) is 0 Å². The van der Waals surface area contributed by atoms with Gasteiger partial charge in [-0.1, -0.05) is 41.9 Å². The van der Waals surface area contributed by atoms with Crippen LogP contribution in [0.1, 0.15) is 31.7 Å². The van der Waals surface area contributed by atoms with Crippen LogP contribution < -0.4 is 0 Å². The molecule has 0 bridgehead atoms. The van der Waals surface area contributed by atoms with Gasteiger partial charge in [0.15, 0.2) is 0 Å². The van der Waals surface area contributed by atoms with Crippen molar-refractivity contribution >= 4 is 15.9 Å². The molecule has 0 saturated heterocycles. The Morgan fingerprint density at radius 2 is 2.18 bits per heavy atom. The first-order valence-electron chi connectivity index (χ1n) is 3.99. The predicted molar refractivity (Wildman–Crippen MR) is 52.8 cm³/mol. The third kappa shape index (κ3) is 2.33. The molecule has 1 rings (SSSR count). The lowest BCUT2D eigenvalue weighted by Crippen LogP contribution is -1.89. The molecule has 0 radical (unpaired) electrons. The summed E-state index contributed by atoms with van der Waals surface area (Å²) in [7, 11) is 0. The summed E-state index contributed by atoms with van der Waals surface area (Å²) in [5.41, 5.74) is 1.42. The molecule has 0 amide bonds. The summed E-state index contributed by atoms with van der Waals surface area (Å²) in [6.45, 7) is 4.47. The minimum Gasteiger partial charge on any atom is -0.0648 e. The van der Waals surface area contributed by atoms with Gasteiger partial charge >= 0.3 is 0 Å². The number of rotatable bonds is 2. The lowest BCUT2D eigenvalue weighted by molar-refractivity contribution is 0.733. The lowest BCUT2D eigenvalue weighted by Gasteiger charge is -2.08. The van der Waals surface area contributed by atoms with Crippen LogP contribution >= 0.6 is 15.9 Å². The van der Waals surface area contributed by atoms with Crippen molar-refractivity contribution < 1.29 is 0 Å². The van der Waals surface area contributed by atoms with Crippen LogP contribution in [-0.4, -0.2) is 0 Å². The molecule has 1 heteroatoms. The highest BCUT2D eigenvalue weighted by atomic mass is 79.9. The van der Waals surface area contributed by atoms with Crippen LogP contribution in [0.3, 0.4) is 0 Å². The molecule has 0 spiro atoms. The molecule has 0 aliphatic rings. The van der Waals surface area contributed by atoms with Crippen molar-refractivity contribution in [2.75, 3.05) is 0 Å². The molecule has 0 aromatic heterocycles. The SMILES string of the molecule is CC[C@@H](C)c1cccc(Br)c1. The van der Waals surface area contributed by atoms with Crippen LogP contribution in [0.2, 0.25) is 0 Å². The van der Waals surface area contributed by atoms with Gasteiger partial charge in [0.1, 0.15) is 0 Å². The molecule has 0 fully saturated rings. The lowest BCUT2D eigenvalue weighted by atomic mass is 9.99.